The molecular weight excluding hydrogens is 275 g/mol. The van der Waals surface area contributed by atoms with Crippen LogP contribution in [0, 0.1) is 5.82 Å². The molecule has 2 aromatic carbocycles. The summed E-state index contributed by atoms with van der Waals surface area (Å²) in [4.78, 5) is 4.31. The number of benzene rings is 2. The lowest BCUT2D eigenvalue weighted by atomic mass is 10.1. The van der Waals surface area contributed by atoms with Gasteiger partial charge in [-0.2, -0.15) is 0 Å². The molecule has 0 unspecified atom stereocenters. The van der Waals surface area contributed by atoms with E-state index in [2.05, 4.69) is 4.98 Å². The van der Waals surface area contributed by atoms with Gasteiger partial charge >= 0.3 is 0 Å². The first-order chi connectivity index (χ1) is 10.1. The Morgan fingerprint density at radius 2 is 1.81 bits per heavy atom. The molecule has 0 aliphatic rings. The van der Waals surface area contributed by atoms with Gasteiger partial charge in [0.15, 0.2) is 17.1 Å². The Labute approximate surface area is 120 Å². The zero-order valence-electron chi connectivity index (χ0n) is 11.5. The number of nitrogen functional groups attached to an aromatic ring is 1. The Balaban J connectivity index is 2.17. The van der Waals surface area contributed by atoms with Gasteiger partial charge in [0.25, 0.3) is 0 Å². The fraction of sp³-hybridized carbons (Fsp3) is 0.133. The molecule has 0 fully saturated rings. The molecule has 1 aromatic heterocycles. The van der Waals surface area contributed by atoms with E-state index in [0.717, 1.165) is 0 Å². The average Bonchev–Trinajstić information content (AvgIpc) is 2.89. The van der Waals surface area contributed by atoms with Crippen LogP contribution in [-0.4, -0.2) is 19.2 Å². The molecule has 0 atom stereocenters. The fourth-order valence-corrected chi connectivity index (χ4v) is 2.09. The van der Waals surface area contributed by atoms with Crippen molar-refractivity contribution in [3.8, 4) is 23.0 Å². The molecule has 0 aliphatic carbocycles. The zero-order valence-corrected chi connectivity index (χ0v) is 11.5. The molecule has 108 valence electrons. The average molecular weight is 288 g/mol. The molecule has 3 rings (SSSR count). The van der Waals surface area contributed by atoms with Crippen LogP contribution in [-0.2, 0) is 0 Å². The van der Waals surface area contributed by atoms with Crippen molar-refractivity contribution in [2.75, 3.05) is 20.0 Å². The predicted octanol–water partition coefficient (Wildman–Crippen LogP) is 3.23. The van der Waals surface area contributed by atoms with Gasteiger partial charge in [0.05, 0.1) is 19.8 Å². The number of nitrogens with zero attached hydrogens (tertiary/aromatic N) is 1. The van der Waals surface area contributed by atoms with E-state index in [0.29, 0.717) is 39.7 Å². The molecule has 0 aliphatic heterocycles. The summed E-state index contributed by atoms with van der Waals surface area (Å²) in [6.45, 7) is 0. The van der Waals surface area contributed by atoms with Crippen molar-refractivity contribution in [1.82, 2.24) is 4.98 Å². The van der Waals surface area contributed by atoms with Gasteiger partial charge in [0.1, 0.15) is 11.3 Å². The first kappa shape index (κ1) is 13.2. The number of hydrogen-bond donors (Lipinski definition) is 1. The predicted molar refractivity (Wildman–Crippen MR) is 76.9 cm³/mol. The summed E-state index contributed by atoms with van der Waals surface area (Å²) < 4.78 is 29.2. The van der Waals surface area contributed by atoms with E-state index in [1.807, 2.05) is 0 Å². The van der Waals surface area contributed by atoms with Gasteiger partial charge in [-0.05, 0) is 18.2 Å². The smallest absolute Gasteiger partial charge is 0.229 e. The van der Waals surface area contributed by atoms with Crippen LogP contribution in [0.3, 0.4) is 0 Å². The van der Waals surface area contributed by atoms with E-state index in [1.165, 1.54) is 26.4 Å². The number of anilines is 1. The van der Waals surface area contributed by atoms with Crippen molar-refractivity contribution in [2.45, 2.75) is 0 Å². The van der Waals surface area contributed by atoms with Crippen molar-refractivity contribution in [3.63, 3.8) is 0 Å². The molecular formula is C15H13FN2O3. The van der Waals surface area contributed by atoms with Crippen LogP contribution in [0.15, 0.2) is 34.7 Å². The molecule has 0 radical (unpaired) electrons. The van der Waals surface area contributed by atoms with Gasteiger partial charge in [-0.15, -0.1) is 0 Å². The standard InChI is InChI=1S/C15H13FN2O3/c1-19-13-6-9(10(17)7-14(13)20-2)15-18-11-4-3-8(16)5-12(11)21-15/h3-7H,17H2,1-2H3. The monoisotopic (exact) mass is 288 g/mol. The third kappa shape index (κ3) is 2.24. The quantitative estimate of drug-likeness (QED) is 0.749. The van der Waals surface area contributed by atoms with Gasteiger partial charge in [-0.25, -0.2) is 9.37 Å². The van der Waals surface area contributed by atoms with Crippen LogP contribution in [0.25, 0.3) is 22.6 Å². The number of oxazole rings is 1. The van der Waals surface area contributed by atoms with Gasteiger partial charge in [-0.1, -0.05) is 0 Å². The van der Waals surface area contributed by atoms with E-state index in [9.17, 15) is 4.39 Å². The largest absolute Gasteiger partial charge is 0.493 e. The van der Waals surface area contributed by atoms with Crippen LogP contribution in [0.5, 0.6) is 11.5 Å². The lowest BCUT2D eigenvalue weighted by molar-refractivity contribution is 0.355. The molecule has 2 N–H and O–H groups in total. The normalized spacial score (nSPS) is 10.8. The number of hydrogen-bond acceptors (Lipinski definition) is 5. The van der Waals surface area contributed by atoms with E-state index < -0.39 is 0 Å². The van der Waals surface area contributed by atoms with E-state index in [-0.39, 0.29) is 5.82 Å². The minimum atomic E-state index is -0.384. The van der Waals surface area contributed by atoms with Gasteiger partial charge in [-0.3, -0.25) is 0 Å². The van der Waals surface area contributed by atoms with E-state index in [4.69, 9.17) is 19.6 Å². The number of aromatic nitrogens is 1. The first-order valence-electron chi connectivity index (χ1n) is 6.20. The second-order valence-corrected chi connectivity index (χ2v) is 4.43. The second kappa shape index (κ2) is 4.97. The van der Waals surface area contributed by atoms with Gasteiger partial charge < -0.3 is 19.6 Å². The third-order valence-electron chi connectivity index (χ3n) is 3.14. The van der Waals surface area contributed by atoms with Crippen LogP contribution >= 0.6 is 0 Å². The Kier molecular flexibility index (Phi) is 3.13. The lowest BCUT2D eigenvalue weighted by Gasteiger charge is -2.10. The highest BCUT2D eigenvalue weighted by atomic mass is 19.1. The summed E-state index contributed by atoms with van der Waals surface area (Å²) in [7, 11) is 3.05. The molecule has 0 saturated carbocycles. The Hall–Kier alpha value is -2.76. The summed E-state index contributed by atoms with van der Waals surface area (Å²) in [6, 6.07) is 7.46. The van der Waals surface area contributed by atoms with E-state index >= 15 is 0 Å². The van der Waals surface area contributed by atoms with Crippen molar-refractivity contribution in [2.24, 2.45) is 0 Å². The SMILES string of the molecule is COc1cc(N)c(-c2nc3ccc(F)cc3o2)cc1OC. The number of fused-ring (bicyclic) bond motifs is 1. The summed E-state index contributed by atoms with van der Waals surface area (Å²) >= 11 is 0. The Bertz CT molecular complexity index is 814. The van der Waals surface area contributed by atoms with Crippen LogP contribution in [0.4, 0.5) is 10.1 Å². The van der Waals surface area contributed by atoms with Gasteiger partial charge in [0.2, 0.25) is 5.89 Å². The van der Waals surface area contributed by atoms with Crippen molar-refractivity contribution >= 4 is 16.8 Å². The number of methoxy groups -OCH3 is 2. The van der Waals surface area contributed by atoms with Crippen LogP contribution < -0.4 is 15.2 Å². The topological polar surface area (TPSA) is 70.5 Å². The molecule has 1 heterocycles. The maximum Gasteiger partial charge on any atom is 0.229 e. The Morgan fingerprint density at radius 1 is 1.10 bits per heavy atom. The lowest BCUT2D eigenvalue weighted by Crippen LogP contribution is -1.96. The zero-order chi connectivity index (χ0) is 15.0. The molecule has 3 aromatic rings. The minimum Gasteiger partial charge on any atom is -0.493 e. The van der Waals surface area contributed by atoms with E-state index in [1.54, 1.807) is 18.2 Å². The molecule has 0 amide bonds. The number of ether oxygens (including phenoxy) is 2. The highest BCUT2D eigenvalue weighted by Crippen LogP contribution is 2.37. The highest BCUT2D eigenvalue weighted by molar-refractivity contribution is 5.81. The molecule has 0 spiro atoms. The molecule has 0 saturated heterocycles. The molecule has 6 heteroatoms. The van der Waals surface area contributed by atoms with Crippen molar-refractivity contribution < 1.29 is 18.3 Å². The molecule has 21 heavy (non-hydrogen) atoms. The first-order valence-corrected chi connectivity index (χ1v) is 6.20. The van der Waals surface area contributed by atoms with Gasteiger partial charge in [0, 0.05) is 17.8 Å². The number of halogens is 1. The molecule has 0 bridgehead atoms. The number of rotatable bonds is 3. The summed E-state index contributed by atoms with van der Waals surface area (Å²) in [5.41, 5.74) is 7.90. The maximum absolute atomic E-state index is 13.2. The van der Waals surface area contributed by atoms with Crippen molar-refractivity contribution in [3.05, 3.63) is 36.1 Å². The minimum absolute atomic E-state index is 0.300. The second-order valence-electron chi connectivity index (χ2n) is 4.43. The van der Waals surface area contributed by atoms with Crippen molar-refractivity contribution in [1.29, 1.82) is 0 Å². The summed E-state index contributed by atoms with van der Waals surface area (Å²) in [6.07, 6.45) is 0. The Morgan fingerprint density at radius 3 is 2.52 bits per heavy atom. The maximum atomic E-state index is 13.2. The summed E-state index contributed by atoms with van der Waals surface area (Å²) in [5.74, 6) is 0.940. The fourth-order valence-electron chi connectivity index (χ4n) is 2.09. The summed E-state index contributed by atoms with van der Waals surface area (Å²) in [5, 5.41) is 0. The molecule has 5 nitrogen and oxygen atoms in total. The van der Waals surface area contributed by atoms with Crippen LogP contribution in [0.2, 0.25) is 0 Å². The third-order valence-corrected chi connectivity index (χ3v) is 3.14. The van der Waals surface area contributed by atoms with Crippen LogP contribution in [0.1, 0.15) is 0 Å². The highest BCUT2D eigenvalue weighted by Gasteiger charge is 2.16. The number of nitrogens with two attached hydrogens (primary N) is 1.